The van der Waals surface area contributed by atoms with Crippen LogP contribution in [0.4, 0.5) is 5.69 Å². The van der Waals surface area contributed by atoms with E-state index in [1.54, 1.807) is 17.8 Å². The number of nitrogens with zero attached hydrogens (tertiary/aromatic N) is 1. The van der Waals surface area contributed by atoms with Crippen molar-refractivity contribution in [3.05, 3.63) is 59.1 Å². The molecule has 1 N–H and O–H groups in total. The Bertz CT molecular complexity index is 842. The van der Waals surface area contributed by atoms with Gasteiger partial charge in [-0.3, -0.25) is 9.10 Å². The first-order chi connectivity index (χ1) is 11.8. The van der Waals surface area contributed by atoms with Gasteiger partial charge in [0.05, 0.1) is 22.5 Å². The smallest absolute Gasteiger partial charge is 0.252 e. The summed E-state index contributed by atoms with van der Waals surface area (Å²) < 4.78 is 24.2. The van der Waals surface area contributed by atoms with Gasteiger partial charge in [-0.1, -0.05) is 29.8 Å². The molecule has 0 bridgehead atoms. The fourth-order valence-electron chi connectivity index (χ4n) is 2.02. The molecule has 0 aliphatic heterocycles. The third-order valence-electron chi connectivity index (χ3n) is 3.46. The summed E-state index contributed by atoms with van der Waals surface area (Å²) in [6.45, 7) is 0.500. The predicted molar refractivity (Wildman–Crippen MR) is 104 cm³/mol. The van der Waals surface area contributed by atoms with E-state index in [2.05, 4.69) is 5.32 Å². The lowest BCUT2D eigenvalue weighted by Gasteiger charge is -2.17. The maximum atomic E-state index is 12.2. The number of carbonyl (C=O) groups is 1. The molecule has 0 aromatic heterocycles. The topological polar surface area (TPSA) is 66.5 Å². The minimum Gasteiger partial charge on any atom is -0.351 e. The van der Waals surface area contributed by atoms with Crippen LogP contribution in [-0.2, 0) is 10.0 Å². The van der Waals surface area contributed by atoms with Crippen LogP contribution in [0.2, 0.25) is 5.02 Å². The summed E-state index contributed by atoms with van der Waals surface area (Å²) in [7, 11) is -1.95. The van der Waals surface area contributed by atoms with E-state index in [0.717, 1.165) is 21.2 Å². The highest BCUT2D eigenvalue weighted by atomic mass is 35.5. The highest BCUT2D eigenvalue weighted by Crippen LogP contribution is 2.24. The zero-order valence-corrected chi connectivity index (χ0v) is 16.3. The van der Waals surface area contributed by atoms with E-state index in [1.165, 1.54) is 19.2 Å². The maximum absolute atomic E-state index is 12.2. The zero-order valence-electron chi connectivity index (χ0n) is 13.9. The molecule has 0 saturated heterocycles. The second-order valence-electron chi connectivity index (χ2n) is 5.31. The van der Waals surface area contributed by atoms with Crippen LogP contribution in [0.15, 0.2) is 53.4 Å². The summed E-state index contributed by atoms with van der Waals surface area (Å²) in [5.74, 6) is 0.453. The van der Waals surface area contributed by atoms with Crippen molar-refractivity contribution in [2.24, 2.45) is 0 Å². The van der Waals surface area contributed by atoms with Gasteiger partial charge in [-0.05, 0) is 30.3 Å². The minimum atomic E-state index is -3.38. The molecule has 5 nitrogen and oxygen atoms in total. The maximum Gasteiger partial charge on any atom is 0.252 e. The fourth-order valence-corrected chi connectivity index (χ4v) is 3.57. The van der Waals surface area contributed by atoms with Gasteiger partial charge in [0, 0.05) is 24.2 Å². The predicted octanol–water partition coefficient (Wildman–Crippen LogP) is 3.26. The molecule has 1 amide bonds. The second-order valence-corrected chi connectivity index (χ2v) is 8.90. The Morgan fingerprint density at radius 3 is 2.48 bits per heavy atom. The van der Waals surface area contributed by atoms with Crippen molar-refractivity contribution < 1.29 is 13.2 Å². The first-order valence-corrected chi connectivity index (χ1v) is 10.7. The number of amides is 1. The number of carbonyl (C=O) groups excluding carboxylic acids is 1. The van der Waals surface area contributed by atoms with Crippen LogP contribution in [0.3, 0.4) is 0 Å². The molecule has 0 spiro atoms. The largest absolute Gasteiger partial charge is 0.351 e. The molecule has 0 fully saturated rings. The molecule has 2 aromatic rings. The Labute approximate surface area is 157 Å². The van der Waals surface area contributed by atoms with Crippen molar-refractivity contribution >= 4 is 45.0 Å². The fraction of sp³-hybridized carbons (Fsp3) is 0.235. The van der Waals surface area contributed by atoms with E-state index in [1.807, 2.05) is 30.3 Å². The van der Waals surface area contributed by atoms with Gasteiger partial charge >= 0.3 is 0 Å². The van der Waals surface area contributed by atoms with Gasteiger partial charge in [0.15, 0.2) is 0 Å². The van der Waals surface area contributed by atoms with E-state index in [9.17, 15) is 13.2 Å². The minimum absolute atomic E-state index is 0.209. The Morgan fingerprint density at radius 2 is 1.88 bits per heavy atom. The van der Waals surface area contributed by atoms with Crippen molar-refractivity contribution in [3.8, 4) is 0 Å². The van der Waals surface area contributed by atoms with Crippen molar-refractivity contribution in [2.45, 2.75) is 4.90 Å². The molecule has 25 heavy (non-hydrogen) atoms. The van der Waals surface area contributed by atoms with E-state index in [4.69, 9.17) is 11.6 Å². The van der Waals surface area contributed by atoms with Crippen molar-refractivity contribution in [1.82, 2.24) is 5.32 Å². The van der Waals surface area contributed by atoms with E-state index in [-0.39, 0.29) is 10.9 Å². The number of anilines is 1. The molecular formula is C17H19ClN2O3S2. The van der Waals surface area contributed by atoms with Gasteiger partial charge in [0.1, 0.15) is 0 Å². The summed E-state index contributed by atoms with van der Waals surface area (Å²) in [6, 6.07) is 14.5. The zero-order chi connectivity index (χ0) is 18.4. The molecule has 134 valence electrons. The number of nitrogens with one attached hydrogen (secondary N) is 1. The number of hydrogen-bond acceptors (Lipinski definition) is 4. The molecule has 0 aliphatic rings. The third-order valence-corrected chi connectivity index (χ3v) is 5.99. The molecule has 8 heteroatoms. The van der Waals surface area contributed by atoms with Gasteiger partial charge in [-0.15, -0.1) is 11.8 Å². The van der Waals surface area contributed by atoms with E-state index >= 15 is 0 Å². The summed E-state index contributed by atoms with van der Waals surface area (Å²) in [4.78, 5) is 13.4. The molecule has 0 unspecified atom stereocenters. The van der Waals surface area contributed by atoms with Gasteiger partial charge in [-0.25, -0.2) is 8.42 Å². The average molecular weight is 399 g/mol. The lowest BCUT2D eigenvalue weighted by Crippen LogP contribution is -2.27. The van der Waals surface area contributed by atoms with Crippen LogP contribution < -0.4 is 9.62 Å². The van der Waals surface area contributed by atoms with Crippen LogP contribution in [0.25, 0.3) is 0 Å². The van der Waals surface area contributed by atoms with Gasteiger partial charge in [0.25, 0.3) is 5.91 Å². The van der Waals surface area contributed by atoms with Gasteiger partial charge < -0.3 is 5.32 Å². The summed E-state index contributed by atoms with van der Waals surface area (Å²) >= 11 is 7.79. The summed E-state index contributed by atoms with van der Waals surface area (Å²) in [5, 5.41) is 3.02. The summed E-state index contributed by atoms with van der Waals surface area (Å²) in [5.41, 5.74) is 0.723. The number of hydrogen-bond donors (Lipinski definition) is 1. The number of sulfonamides is 1. The first-order valence-electron chi connectivity index (χ1n) is 7.48. The number of halogens is 1. The average Bonchev–Trinajstić information content (AvgIpc) is 2.58. The molecule has 0 atom stereocenters. The summed E-state index contributed by atoms with van der Waals surface area (Å²) in [6.07, 6.45) is 1.10. The van der Waals surface area contributed by atoms with Gasteiger partial charge in [-0.2, -0.15) is 0 Å². The Balaban J connectivity index is 1.93. The molecule has 2 rings (SSSR count). The quantitative estimate of drug-likeness (QED) is 0.574. The normalized spacial score (nSPS) is 11.2. The molecule has 0 aliphatic carbocycles. The monoisotopic (exact) mass is 398 g/mol. The third kappa shape index (κ3) is 5.66. The Morgan fingerprint density at radius 1 is 1.20 bits per heavy atom. The van der Waals surface area contributed by atoms with Crippen molar-refractivity contribution in [1.29, 1.82) is 0 Å². The highest BCUT2D eigenvalue weighted by Gasteiger charge is 2.16. The van der Waals surface area contributed by atoms with E-state index < -0.39 is 10.0 Å². The number of benzene rings is 2. The number of thioether (sulfide) groups is 1. The lowest BCUT2D eigenvalue weighted by molar-refractivity contribution is 0.0956. The second kappa shape index (κ2) is 8.60. The van der Waals surface area contributed by atoms with Crippen molar-refractivity contribution in [3.63, 3.8) is 0 Å². The Kier molecular flexibility index (Phi) is 6.75. The standard InChI is InChI=1S/C17H19ClN2O3S2/c1-20(25(2,22)23)13-8-9-15(16(18)12-13)17(21)19-10-11-24-14-6-4-3-5-7-14/h3-9,12H,10-11H2,1-2H3,(H,19,21). The van der Waals surface area contributed by atoms with Gasteiger partial charge in [0.2, 0.25) is 10.0 Å². The Hall–Kier alpha value is -1.70. The SMILES string of the molecule is CN(c1ccc(C(=O)NCCSc2ccccc2)c(Cl)c1)S(C)(=O)=O. The van der Waals surface area contributed by atoms with Crippen LogP contribution in [0, 0.1) is 0 Å². The van der Waals surface area contributed by atoms with Crippen LogP contribution >= 0.6 is 23.4 Å². The first kappa shape index (κ1) is 19.6. The van der Waals surface area contributed by atoms with Crippen LogP contribution in [0.5, 0.6) is 0 Å². The molecule has 2 aromatic carbocycles. The molecular weight excluding hydrogens is 380 g/mol. The molecule has 0 saturated carbocycles. The highest BCUT2D eigenvalue weighted by molar-refractivity contribution is 7.99. The molecule has 0 radical (unpaired) electrons. The van der Waals surface area contributed by atoms with E-state index in [0.29, 0.717) is 17.8 Å². The molecule has 0 heterocycles. The lowest BCUT2D eigenvalue weighted by atomic mass is 10.2. The van der Waals surface area contributed by atoms with Crippen molar-refractivity contribution in [2.75, 3.05) is 29.9 Å². The van der Waals surface area contributed by atoms with Crippen LogP contribution in [0.1, 0.15) is 10.4 Å². The number of rotatable bonds is 7. The van der Waals surface area contributed by atoms with Crippen LogP contribution in [-0.4, -0.2) is 39.9 Å².